The van der Waals surface area contributed by atoms with Crippen LogP contribution in [0.5, 0.6) is 0 Å². The lowest BCUT2D eigenvalue weighted by Gasteiger charge is -2.11. The highest BCUT2D eigenvalue weighted by molar-refractivity contribution is 8.05. The van der Waals surface area contributed by atoms with Gasteiger partial charge in [0.05, 0.1) is 6.20 Å². The van der Waals surface area contributed by atoms with Crippen molar-refractivity contribution in [2.45, 2.75) is 82.3 Å². The van der Waals surface area contributed by atoms with Crippen molar-refractivity contribution in [3.63, 3.8) is 0 Å². The Labute approximate surface area is 212 Å². The molecular formula is C21H30F6N4O4S2. The molecule has 212 valence electrons. The minimum Gasteiger partial charge on any atom is -0.252 e. The number of unbranched alkanes of at least 4 members (excludes halogenated alkanes) is 8. The summed E-state index contributed by atoms with van der Waals surface area (Å²) in [6.45, 7) is 3.25. The molecule has 0 saturated carbocycles. The Bertz CT molecular complexity index is 1090. The monoisotopic (exact) mass is 580 g/mol. The van der Waals surface area contributed by atoms with E-state index in [0.717, 1.165) is 17.8 Å². The standard InChI is InChI=1S/C19H29N3.C2HF6NO4S2/c1-2-3-4-5-6-7-8-9-13-16-22-17-19(20-21-22)18-14-11-10-12-15-18;3-1(4,5)14(10,11)9-15(12,13)2(6,7)8/h10-12,14-15,17H,2-9,13,16H2,1H3;9H. The SMILES string of the molecule is CCCCCCCCCCCn1cc(-c2ccccc2)nn1.O=S(=O)(NS(=O)(=O)C(F)(F)F)C(F)(F)F. The fraction of sp³-hybridized carbons (Fsp3) is 0.619. The molecule has 0 fully saturated rings. The molecular weight excluding hydrogens is 550 g/mol. The Balaban J connectivity index is 0.000000401. The Morgan fingerprint density at radius 3 is 1.68 bits per heavy atom. The van der Waals surface area contributed by atoms with Gasteiger partial charge in [-0.1, -0.05) is 98.0 Å². The first-order valence-corrected chi connectivity index (χ1v) is 14.4. The molecule has 0 bridgehead atoms. The molecule has 1 aromatic heterocycles. The van der Waals surface area contributed by atoms with Crippen molar-refractivity contribution in [3.05, 3.63) is 36.5 Å². The molecule has 16 heteroatoms. The molecule has 37 heavy (non-hydrogen) atoms. The molecule has 0 aliphatic heterocycles. The maximum atomic E-state index is 11.5. The fourth-order valence-electron chi connectivity index (χ4n) is 2.97. The van der Waals surface area contributed by atoms with Crippen LogP contribution >= 0.6 is 0 Å². The van der Waals surface area contributed by atoms with E-state index in [-0.39, 0.29) is 0 Å². The van der Waals surface area contributed by atoms with Gasteiger partial charge in [0, 0.05) is 12.1 Å². The van der Waals surface area contributed by atoms with Gasteiger partial charge >= 0.3 is 31.1 Å². The molecule has 0 aliphatic rings. The normalized spacial score (nSPS) is 12.7. The van der Waals surface area contributed by atoms with Crippen molar-refractivity contribution < 1.29 is 43.2 Å². The van der Waals surface area contributed by atoms with Crippen molar-refractivity contribution in [2.24, 2.45) is 0 Å². The van der Waals surface area contributed by atoms with Gasteiger partial charge < -0.3 is 0 Å². The maximum absolute atomic E-state index is 11.5. The molecule has 2 rings (SSSR count). The highest BCUT2D eigenvalue weighted by atomic mass is 32.3. The van der Waals surface area contributed by atoms with Gasteiger partial charge in [-0.15, -0.1) is 5.10 Å². The van der Waals surface area contributed by atoms with E-state index in [1.54, 1.807) is 0 Å². The molecule has 1 aromatic carbocycles. The molecule has 1 heterocycles. The zero-order valence-corrected chi connectivity index (χ0v) is 21.7. The van der Waals surface area contributed by atoms with Crippen LogP contribution in [0.25, 0.3) is 11.3 Å². The van der Waals surface area contributed by atoms with Crippen LogP contribution in [0.4, 0.5) is 26.3 Å². The van der Waals surface area contributed by atoms with Crippen LogP contribution in [0.3, 0.4) is 0 Å². The number of nitrogens with one attached hydrogen (secondary N) is 1. The van der Waals surface area contributed by atoms with Crippen LogP contribution in [-0.4, -0.2) is 42.8 Å². The van der Waals surface area contributed by atoms with Crippen LogP contribution in [0.1, 0.15) is 64.7 Å². The van der Waals surface area contributed by atoms with Crippen molar-refractivity contribution >= 4 is 20.0 Å². The Morgan fingerprint density at radius 1 is 0.757 bits per heavy atom. The maximum Gasteiger partial charge on any atom is 0.512 e. The molecule has 1 N–H and O–H groups in total. The van der Waals surface area contributed by atoms with E-state index in [1.807, 2.05) is 22.9 Å². The minimum atomic E-state index is -6.60. The summed E-state index contributed by atoms with van der Waals surface area (Å²) >= 11 is 0. The van der Waals surface area contributed by atoms with Gasteiger partial charge in [0.2, 0.25) is 0 Å². The van der Waals surface area contributed by atoms with Gasteiger partial charge in [-0.05, 0) is 6.42 Å². The Kier molecular flexibility index (Phi) is 13.0. The second-order valence-corrected chi connectivity index (χ2v) is 11.6. The predicted octanol–water partition coefficient (Wildman–Crippen LogP) is 5.75. The quantitative estimate of drug-likeness (QED) is 0.239. The third kappa shape index (κ3) is 11.8. The fourth-order valence-corrected chi connectivity index (χ4v) is 4.88. The molecule has 0 saturated heterocycles. The second-order valence-electron chi connectivity index (χ2n) is 8.04. The number of sulfonamides is 2. The highest BCUT2D eigenvalue weighted by Crippen LogP contribution is 2.27. The number of alkyl halides is 6. The van der Waals surface area contributed by atoms with Crippen molar-refractivity contribution in [3.8, 4) is 11.3 Å². The average Bonchev–Trinajstić information content (AvgIpc) is 3.26. The zero-order valence-electron chi connectivity index (χ0n) is 20.1. The van der Waals surface area contributed by atoms with Crippen LogP contribution in [0.2, 0.25) is 0 Å². The Morgan fingerprint density at radius 2 is 1.22 bits per heavy atom. The lowest BCUT2D eigenvalue weighted by atomic mass is 10.1. The first kappa shape index (κ1) is 32.8. The number of aromatic nitrogens is 3. The zero-order chi connectivity index (χ0) is 28.2. The smallest absolute Gasteiger partial charge is 0.252 e. The summed E-state index contributed by atoms with van der Waals surface area (Å²) in [5, 5.41) is 8.48. The van der Waals surface area contributed by atoms with E-state index in [9.17, 15) is 43.2 Å². The van der Waals surface area contributed by atoms with Gasteiger partial charge in [0.25, 0.3) is 0 Å². The van der Waals surface area contributed by atoms with E-state index in [0.29, 0.717) is 0 Å². The molecule has 2 aromatic rings. The predicted molar refractivity (Wildman–Crippen MR) is 126 cm³/mol. The second kappa shape index (κ2) is 14.7. The highest BCUT2D eigenvalue weighted by Gasteiger charge is 2.55. The van der Waals surface area contributed by atoms with Gasteiger partial charge in [0.15, 0.2) is 0 Å². The van der Waals surface area contributed by atoms with Crippen molar-refractivity contribution in [1.82, 2.24) is 19.1 Å². The molecule has 0 spiro atoms. The number of hydrogen-bond acceptors (Lipinski definition) is 6. The van der Waals surface area contributed by atoms with Gasteiger partial charge in [-0.25, -0.2) is 16.8 Å². The summed E-state index contributed by atoms with van der Waals surface area (Å²) in [6.07, 6.45) is 14.3. The van der Waals surface area contributed by atoms with Crippen molar-refractivity contribution in [2.75, 3.05) is 0 Å². The van der Waals surface area contributed by atoms with Crippen LogP contribution in [-0.2, 0) is 26.6 Å². The number of benzene rings is 1. The van der Waals surface area contributed by atoms with Gasteiger partial charge in [-0.2, -0.15) is 26.3 Å². The average molecular weight is 581 g/mol. The lowest BCUT2D eigenvalue weighted by Crippen LogP contribution is -2.45. The summed E-state index contributed by atoms with van der Waals surface area (Å²) in [7, 11) is -13.2. The minimum absolute atomic E-state index is 0.493. The van der Waals surface area contributed by atoms with E-state index < -0.39 is 35.2 Å². The lowest BCUT2D eigenvalue weighted by molar-refractivity contribution is -0.0476. The molecule has 0 aliphatic carbocycles. The summed E-state index contributed by atoms with van der Waals surface area (Å²) < 4.78 is 110. The number of hydrogen-bond donors (Lipinski definition) is 1. The summed E-state index contributed by atoms with van der Waals surface area (Å²) in [5.41, 5.74) is -10.2. The number of nitrogens with zero attached hydrogens (tertiary/aromatic N) is 3. The first-order valence-electron chi connectivity index (χ1n) is 11.5. The van der Waals surface area contributed by atoms with Crippen LogP contribution < -0.4 is 4.13 Å². The van der Waals surface area contributed by atoms with E-state index >= 15 is 0 Å². The molecule has 0 amide bonds. The number of halogens is 6. The third-order valence-corrected chi connectivity index (χ3v) is 7.90. The first-order chi connectivity index (χ1) is 17.1. The molecule has 0 unspecified atom stereocenters. The number of aryl methyl sites for hydroxylation is 1. The largest absolute Gasteiger partial charge is 0.512 e. The number of rotatable bonds is 13. The molecule has 0 radical (unpaired) electrons. The molecule has 0 atom stereocenters. The van der Waals surface area contributed by atoms with E-state index in [2.05, 4.69) is 35.6 Å². The van der Waals surface area contributed by atoms with Gasteiger partial charge in [-0.3, -0.25) is 4.68 Å². The van der Waals surface area contributed by atoms with Gasteiger partial charge in [0.1, 0.15) is 5.69 Å². The topological polar surface area (TPSA) is 111 Å². The van der Waals surface area contributed by atoms with E-state index in [4.69, 9.17) is 0 Å². The Hall–Kier alpha value is -2.20. The summed E-state index contributed by atoms with van der Waals surface area (Å²) in [4.78, 5) is 0. The van der Waals surface area contributed by atoms with Crippen LogP contribution in [0, 0.1) is 0 Å². The molecule has 8 nitrogen and oxygen atoms in total. The summed E-state index contributed by atoms with van der Waals surface area (Å²) in [6, 6.07) is 10.2. The summed E-state index contributed by atoms with van der Waals surface area (Å²) in [5.74, 6) is 0. The van der Waals surface area contributed by atoms with Crippen molar-refractivity contribution in [1.29, 1.82) is 0 Å². The van der Waals surface area contributed by atoms with Crippen LogP contribution in [0.15, 0.2) is 36.5 Å². The van der Waals surface area contributed by atoms with E-state index in [1.165, 1.54) is 57.8 Å². The third-order valence-electron chi connectivity index (χ3n) is 4.93.